The number of nitrogens with one attached hydrogen (secondary N) is 2. The lowest BCUT2D eigenvalue weighted by Gasteiger charge is -2.20. The Morgan fingerprint density at radius 1 is 1.44 bits per heavy atom. The van der Waals surface area contributed by atoms with Crippen LogP contribution in [0.25, 0.3) is 0 Å². The summed E-state index contributed by atoms with van der Waals surface area (Å²) >= 11 is 0. The lowest BCUT2D eigenvalue weighted by atomic mass is 10.1. The van der Waals surface area contributed by atoms with Crippen LogP contribution in [0, 0.1) is 0 Å². The number of rotatable bonds is 7. The van der Waals surface area contributed by atoms with Gasteiger partial charge in [0.15, 0.2) is 5.60 Å². The number of aliphatic hydroxyl groups is 1. The van der Waals surface area contributed by atoms with Crippen LogP contribution in [-0.4, -0.2) is 58.1 Å². The minimum absolute atomic E-state index is 0.00881. The van der Waals surface area contributed by atoms with Crippen LogP contribution in [0.3, 0.4) is 0 Å². The average molecular weight is 254 g/mol. The SMILES string of the molecule is COC(=O)C(C)(O)CNCCNS(C)(=O)=O. The molecule has 0 spiro atoms. The van der Waals surface area contributed by atoms with E-state index >= 15 is 0 Å². The van der Waals surface area contributed by atoms with E-state index in [1.165, 1.54) is 14.0 Å². The van der Waals surface area contributed by atoms with Crippen molar-refractivity contribution in [1.82, 2.24) is 10.0 Å². The summed E-state index contributed by atoms with van der Waals surface area (Å²) in [5, 5.41) is 12.3. The highest BCUT2D eigenvalue weighted by Gasteiger charge is 2.30. The first kappa shape index (κ1) is 15.3. The van der Waals surface area contributed by atoms with E-state index in [0.717, 1.165) is 6.26 Å². The van der Waals surface area contributed by atoms with Crippen LogP contribution in [0.1, 0.15) is 6.92 Å². The summed E-state index contributed by atoms with van der Waals surface area (Å²) in [4.78, 5) is 11.0. The number of hydrogen-bond donors (Lipinski definition) is 3. The molecule has 0 aromatic heterocycles. The van der Waals surface area contributed by atoms with Crippen LogP contribution >= 0.6 is 0 Å². The van der Waals surface area contributed by atoms with E-state index in [2.05, 4.69) is 14.8 Å². The molecule has 0 aliphatic rings. The summed E-state index contributed by atoms with van der Waals surface area (Å²) < 4.78 is 28.0. The molecule has 0 rings (SSSR count). The standard InChI is InChI=1S/C8H18N2O5S/c1-8(12,7(11)15-2)6-9-4-5-10-16(3,13)14/h9-10,12H,4-6H2,1-3H3. The number of hydrogen-bond acceptors (Lipinski definition) is 6. The van der Waals surface area contributed by atoms with Crippen molar-refractivity contribution in [1.29, 1.82) is 0 Å². The van der Waals surface area contributed by atoms with Crippen LogP contribution in [0.5, 0.6) is 0 Å². The number of carbonyl (C=O) groups excluding carboxylic acids is 1. The van der Waals surface area contributed by atoms with Gasteiger partial charge in [-0.25, -0.2) is 17.9 Å². The molecule has 7 nitrogen and oxygen atoms in total. The molecule has 16 heavy (non-hydrogen) atoms. The van der Waals surface area contributed by atoms with E-state index in [9.17, 15) is 18.3 Å². The second-order valence-corrected chi connectivity index (χ2v) is 5.44. The predicted octanol–water partition coefficient (Wildman–Crippen LogP) is -1.95. The van der Waals surface area contributed by atoms with Gasteiger partial charge in [0.25, 0.3) is 0 Å². The molecule has 0 saturated heterocycles. The molecule has 0 heterocycles. The number of esters is 1. The summed E-state index contributed by atoms with van der Waals surface area (Å²) in [6.45, 7) is 1.80. The van der Waals surface area contributed by atoms with Crippen molar-refractivity contribution >= 4 is 16.0 Å². The highest BCUT2D eigenvalue weighted by molar-refractivity contribution is 7.88. The Labute approximate surface area is 95.2 Å². The topological polar surface area (TPSA) is 105 Å². The van der Waals surface area contributed by atoms with Crippen molar-refractivity contribution in [2.24, 2.45) is 0 Å². The van der Waals surface area contributed by atoms with Crippen molar-refractivity contribution in [3.63, 3.8) is 0 Å². The molecular weight excluding hydrogens is 236 g/mol. The van der Waals surface area contributed by atoms with Gasteiger partial charge in [-0.2, -0.15) is 0 Å². The summed E-state index contributed by atoms with van der Waals surface area (Å²) in [5.74, 6) is -0.740. The molecule has 0 aromatic carbocycles. The first-order valence-electron chi connectivity index (χ1n) is 4.65. The van der Waals surface area contributed by atoms with E-state index in [4.69, 9.17) is 0 Å². The lowest BCUT2D eigenvalue weighted by molar-refractivity contribution is -0.159. The van der Waals surface area contributed by atoms with Gasteiger partial charge in [-0.1, -0.05) is 0 Å². The fourth-order valence-corrected chi connectivity index (χ4v) is 1.42. The summed E-state index contributed by atoms with van der Waals surface area (Å²) in [6.07, 6.45) is 1.05. The van der Waals surface area contributed by atoms with Gasteiger partial charge in [0, 0.05) is 19.6 Å². The number of carbonyl (C=O) groups is 1. The third-order valence-electron chi connectivity index (χ3n) is 1.76. The Morgan fingerprint density at radius 2 is 2.00 bits per heavy atom. The highest BCUT2D eigenvalue weighted by atomic mass is 32.2. The zero-order valence-electron chi connectivity index (χ0n) is 9.61. The molecule has 1 unspecified atom stereocenters. The van der Waals surface area contributed by atoms with Gasteiger partial charge in [-0.05, 0) is 6.92 Å². The zero-order chi connectivity index (χ0) is 12.8. The van der Waals surface area contributed by atoms with E-state index < -0.39 is 21.6 Å². The Morgan fingerprint density at radius 3 is 2.44 bits per heavy atom. The molecule has 8 heteroatoms. The van der Waals surface area contributed by atoms with Crippen LogP contribution in [0.15, 0.2) is 0 Å². The van der Waals surface area contributed by atoms with Gasteiger partial charge >= 0.3 is 5.97 Å². The number of ether oxygens (including phenoxy) is 1. The quantitative estimate of drug-likeness (QED) is 0.360. The third kappa shape index (κ3) is 6.72. The van der Waals surface area contributed by atoms with Crippen LogP contribution < -0.4 is 10.0 Å². The first-order chi connectivity index (χ1) is 7.19. The van der Waals surface area contributed by atoms with E-state index in [-0.39, 0.29) is 13.1 Å². The Balaban J connectivity index is 3.78. The van der Waals surface area contributed by atoms with Gasteiger partial charge in [-0.15, -0.1) is 0 Å². The van der Waals surface area contributed by atoms with E-state index in [0.29, 0.717) is 6.54 Å². The molecule has 0 saturated carbocycles. The minimum atomic E-state index is -3.21. The molecule has 0 bridgehead atoms. The maximum atomic E-state index is 11.0. The molecule has 0 aliphatic heterocycles. The van der Waals surface area contributed by atoms with Crippen molar-refractivity contribution in [3.8, 4) is 0 Å². The zero-order valence-corrected chi connectivity index (χ0v) is 10.4. The van der Waals surface area contributed by atoms with Crippen LogP contribution in [-0.2, 0) is 19.6 Å². The summed E-state index contributed by atoms with van der Waals surface area (Å²) in [5.41, 5.74) is -1.61. The summed E-state index contributed by atoms with van der Waals surface area (Å²) in [6, 6.07) is 0. The number of methoxy groups -OCH3 is 1. The average Bonchev–Trinajstić information content (AvgIpc) is 2.14. The fraction of sp³-hybridized carbons (Fsp3) is 0.875. The van der Waals surface area contributed by atoms with E-state index in [1.54, 1.807) is 0 Å². The molecule has 96 valence electrons. The van der Waals surface area contributed by atoms with Crippen molar-refractivity contribution in [3.05, 3.63) is 0 Å². The second-order valence-electron chi connectivity index (χ2n) is 3.61. The van der Waals surface area contributed by atoms with Crippen LogP contribution in [0.4, 0.5) is 0 Å². The minimum Gasteiger partial charge on any atom is -0.467 e. The molecule has 0 fully saturated rings. The maximum absolute atomic E-state index is 11.0. The van der Waals surface area contributed by atoms with Crippen molar-refractivity contribution in [2.75, 3.05) is 33.0 Å². The Kier molecular flexibility index (Phi) is 5.87. The van der Waals surface area contributed by atoms with Gasteiger partial charge in [0.1, 0.15) is 0 Å². The molecule has 1 atom stereocenters. The molecule has 0 radical (unpaired) electrons. The smallest absolute Gasteiger partial charge is 0.338 e. The largest absolute Gasteiger partial charge is 0.467 e. The lowest BCUT2D eigenvalue weighted by Crippen LogP contribution is -2.47. The highest BCUT2D eigenvalue weighted by Crippen LogP contribution is 2.02. The van der Waals surface area contributed by atoms with Gasteiger partial charge in [-0.3, -0.25) is 0 Å². The molecule has 0 aliphatic carbocycles. The van der Waals surface area contributed by atoms with Gasteiger partial charge in [0.05, 0.1) is 13.4 Å². The number of sulfonamides is 1. The molecule has 3 N–H and O–H groups in total. The van der Waals surface area contributed by atoms with Gasteiger partial charge < -0.3 is 15.2 Å². The second kappa shape index (κ2) is 6.14. The third-order valence-corrected chi connectivity index (χ3v) is 2.49. The fourth-order valence-electron chi connectivity index (χ4n) is 0.949. The predicted molar refractivity (Wildman–Crippen MR) is 58.4 cm³/mol. The first-order valence-corrected chi connectivity index (χ1v) is 6.54. The van der Waals surface area contributed by atoms with Crippen LogP contribution in [0.2, 0.25) is 0 Å². The Bertz CT molecular complexity index is 325. The molecular formula is C8H18N2O5S. The normalized spacial score (nSPS) is 15.5. The molecule has 0 aromatic rings. The van der Waals surface area contributed by atoms with Crippen molar-refractivity contribution < 1.29 is 23.1 Å². The van der Waals surface area contributed by atoms with E-state index in [1.807, 2.05) is 0 Å². The molecule has 0 amide bonds. The maximum Gasteiger partial charge on any atom is 0.338 e. The van der Waals surface area contributed by atoms with Gasteiger partial charge in [0.2, 0.25) is 10.0 Å². The summed E-state index contributed by atoms with van der Waals surface area (Å²) in [7, 11) is -2.02. The Hall–Kier alpha value is -0.700. The van der Waals surface area contributed by atoms with Crippen molar-refractivity contribution in [2.45, 2.75) is 12.5 Å². The monoisotopic (exact) mass is 254 g/mol.